The van der Waals surface area contributed by atoms with Crippen LogP contribution >= 0.6 is 11.3 Å². The number of amides is 1. The number of carbonyl (C=O) groups excluding carboxylic acids is 1. The molecule has 162 valence electrons. The maximum absolute atomic E-state index is 12.1. The first-order valence-corrected chi connectivity index (χ1v) is 11.1. The molecule has 3 rings (SSSR count). The van der Waals surface area contributed by atoms with Crippen LogP contribution in [0.15, 0.2) is 40.8 Å². The van der Waals surface area contributed by atoms with Gasteiger partial charge in [-0.1, -0.05) is 12.1 Å². The van der Waals surface area contributed by atoms with Crippen LogP contribution in [0.2, 0.25) is 0 Å². The van der Waals surface area contributed by atoms with Gasteiger partial charge in [-0.25, -0.2) is 4.98 Å². The Kier molecular flexibility index (Phi) is 8.61. The molecule has 30 heavy (non-hydrogen) atoms. The summed E-state index contributed by atoms with van der Waals surface area (Å²) in [5.74, 6) is 1.17. The van der Waals surface area contributed by atoms with Gasteiger partial charge in [0.1, 0.15) is 5.82 Å². The molecule has 1 amide bonds. The van der Waals surface area contributed by atoms with Gasteiger partial charge >= 0.3 is 0 Å². The summed E-state index contributed by atoms with van der Waals surface area (Å²) in [6.45, 7) is 6.55. The second-order valence-electron chi connectivity index (χ2n) is 7.08. The minimum absolute atomic E-state index is 0.0842. The van der Waals surface area contributed by atoms with E-state index in [9.17, 15) is 4.79 Å². The second-order valence-corrected chi connectivity index (χ2v) is 8.06. The zero-order valence-corrected chi connectivity index (χ0v) is 18.4. The zero-order valence-electron chi connectivity index (χ0n) is 17.6. The molecule has 8 nitrogen and oxygen atoms in total. The Morgan fingerprint density at radius 1 is 1.30 bits per heavy atom. The number of rotatable bonds is 8. The van der Waals surface area contributed by atoms with Crippen molar-refractivity contribution in [2.75, 3.05) is 51.8 Å². The minimum Gasteiger partial charge on any atom is -0.379 e. The van der Waals surface area contributed by atoms with E-state index in [4.69, 9.17) is 4.74 Å². The highest BCUT2D eigenvalue weighted by Crippen LogP contribution is 2.25. The van der Waals surface area contributed by atoms with Crippen LogP contribution < -0.4 is 16.0 Å². The van der Waals surface area contributed by atoms with Gasteiger partial charge in [0.05, 0.1) is 19.3 Å². The van der Waals surface area contributed by atoms with Gasteiger partial charge < -0.3 is 20.7 Å². The third-order valence-corrected chi connectivity index (χ3v) is 5.84. The van der Waals surface area contributed by atoms with Crippen molar-refractivity contribution in [3.63, 3.8) is 0 Å². The van der Waals surface area contributed by atoms with Gasteiger partial charge in [0.15, 0.2) is 5.96 Å². The summed E-state index contributed by atoms with van der Waals surface area (Å²) in [5, 5.41) is 11.5. The van der Waals surface area contributed by atoms with E-state index >= 15 is 0 Å². The number of guanidine groups is 1. The van der Waals surface area contributed by atoms with Crippen molar-refractivity contribution in [2.24, 2.45) is 4.99 Å². The monoisotopic (exact) mass is 430 g/mol. The Bertz CT molecular complexity index is 803. The Morgan fingerprint density at radius 2 is 2.13 bits per heavy atom. The van der Waals surface area contributed by atoms with Crippen molar-refractivity contribution in [1.82, 2.24) is 20.5 Å². The predicted octanol–water partition coefficient (Wildman–Crippen LogP) is 2.02. The number of hydrogen-bond donors (Lipinski definition) is 3. The molecule has 0 aliphatic carbocycles. The molecule has 1 unspecified atom stereocenters. The van der Waals surface area contributed by atoms with Crippen molar-refractivity contribution in [3.05, 3.63) is 46.3 Å². The van der Waals surface area contributed by atoms with Crippen LogP contribution in [0.5, 0.6) is 0 Å². The summed E-state index contributed by atoms with van der Waals surface area (Å²) in [4.78, 5) is 24.4. The number of aromatic nitrogens is 1. The standard InChI is InChI=1S/C21H30N6O2S/c1-16-5-6-19(24-14-16)26-20(28)7-8-23-21(22-2)25-15-17(18-4-3-13-30-18)27-9-11-29-12-10-27/h3-6,13-14,17H,7-12,15H2,1-2H3,(H2,22,23,25)(H,24,26,28). The number of aryl methyl sites for hydroxylation is 1. The number of nitrogens with one attached hydrogen (secondary N) is 3. The SMILES string of the molecule is CN=C(NCCC(=O)Nc1ccc(C)cn1)NCC(c1cccs1)N1CCOCC1. The summed E-state index contributed by atoms with van der Waals surface area (Å²) in [6.07, 6.45) is 2.06. The van der Waals surface area contributed by atoms with Crippen molar-refractivity contribution in [3.8, 4) is 0 Å². The molecule has 0 bridgehead atoms. The number of hydrogen-bond acceptors (Lipinski definition) is 6. The summed E-state index contributed by atoms with van der Waals surface area (Å²) in [5.41, 5.74) is 1.06. The highest BCUT2D eigenvalue weighted by Gasteiger charge is 2.23. The normalized spacial score (nSPS) is 16.1. The van der Waals surface area contributed by atoms with E-state index in [0.29, 0.717) is 24.7 Å². The van der Waals surface area contributed by atoms with Crippen LogP contribution in [0, 0.1) is 6.92 Å². The molecule has 0 aromatic carbocycles. The van der Waals surface area contributed by atoms with E-state index in [0.717, 1.165) is 38.4 Å². The maximum Gasteiger partial charge on any atom is 0.227 e. The lowest BCUT2D eigenvalue weighted by Gasteiger charge is -2.34. The van der Waals surface area contributed by atoms with Crippen molar-refractivity contribution in [1.29, 1.82) is 0 Å². The van der Waals surface area contributed by atoms with Gasteiger partial charge in [-0.15, -0.1) is 11.3 Å². The van der Waals surface area contributed by atoms with Gasteiger partial charge in [-0.2, -0.15) is 0 Å². The molecule has 0 spiro atoms. The number of anilines is 1. The van der Waals surface area contributed by atoms with Crippen molar-refractivity contribution >= 4 is 29.0 Å². The van der Waals surface area contributed by atoms with Gasteiger partial charge in [-0.05, 0) is 30.0 Å². The molecule has 2 aromatic rings. The molecule has 1 saturated heterocycles. The van der Waals surface area contributed by atoms with E-state index in [1.807, 2.05) is 13.0 Å². The van der Waals surface area contributed by atoms with E-state index in [1.165, 1.54) is 4.88 Å². The number of ether oxygens (including phenoxy) is 1. The summed E-state index contributed by atoms with van der Waals surface area (Å²) in [7, 11) is 1.74. The number of pyridine rings is 1. The first-order valence-electron chi connectivity index (χ1n) is 10.2. The lowest BCUT2D eigenvalue weighted by Crippen LogP contribution is -2.46. The van der Waals surface area contributed by atoms with Crippen LogP contribution in [-0.2, 0) is 9.53 Å². The number of morpholine rings is 1. The van der Waals surface area contributed by atoms with E-state index in [2.05, 4.69) is 48.3 Å². The number of nitrogens with zero attached hydrogens (tertiary/aromatic N) is 3. The summed E-state index contributed by atoms with van der Waals surface area (Å²) >= 11 is 1.77. The van der Waals surface area contributed by atoms with E-state index in [1.54, 1.807) is 30.6 Å². The molecule has 9 heteroatoms. The highest BCUT2D eigenvalue weighted by atomic mass is 32.1. The average molecular weight is 431 g/mol. The smallest absolute Gasteiger partial charge is 0.227 e. The summed E-state index contributed by atoms with van der Waals surface area (Å²) in [6, 6.07) is 8.25. The highest BCUT2D eigenvalue weighted by molar-refractivity contribution is 7.10. The van der Waals surface area contributed by atoms with Crippen LogP contribution in [0.3, 0.4) is 0 Å². The largest absolute Gasteiger partial charge is 0.379 e. The maximum atomic E-state index is 12.1. The van der Waals surface area contributed by atoms with Crippen LogP contribution in [0.4, 0.5) is 5.82 Å². The molecule has 0 saturated carbocycles. The second kappa shape index (κ2) is 11.6. The molecular weight excluding hydrogens is 400 g/mol. The van der Waals surface area contributed by atoms with E-state index in [-0.39, 0.29) is 11.9 Å². The van der Waals surface area contributed by atoms with Crippen LogP contribution in [0.25, 0.3) is 0 Å². The molecule has 1 aliphatic heterocycles. The Labute approximate surface area is 181 Å². The molecule has 1 atom stereocenters. The first kappa shape index (κ1) is 22.2. The van der Waals surface area contributed by atoms with Gasteiger partial charge in [0.25, 0.3) is 0 Å². The molecule has 2 aromatic heterocycles. The summed E-state index contributed by atoms with van der Waals surface area (Å²) < 4.78 is 5.50. The number of thiophene rings is 1. The predicted molar refractivity (Wildman–Crippen MR) is 121 cm³/mol. The molecule has 3 heterocycles. The molecule has 1 aliphatic rings. The minimum atomic E-state index is -0.0842. The number of carbonyl (C=O) groups is 1. The van der Waals surface area contributed by atoms with Gasteiger partial charge in [0, 0.05) is 50.7 Å². The Morgan fingerprint density at radius 3 is 2.80 bits per heavy atom. The van der Waals surface area contributed by atoms with Crippen molar-refractivity contribution < 1.29 is 9.53 Å². The zero-order chi connectivity index (χ0) is 21.2. The quantitative estimate of drug-likeness (QED) is 0.438. The van der Waals surface area contributed by atoms with Gasteiger partial charge in [-0.3, -0.25) is 14.7 Å². The molecule has 0 radical (unpaired) electrons. The van der Waals surface area contributed by atoms with Gasteiger partial charge in [0.2, 0.25) is 5.91 Å². The molecular formula is C21H30N6O2S. The Hall–Kier alpha value is -2.49. The third-order valence-electron chi connectivity index (χ3n) is 4.87. The Balaban J connectivity index is 1.45. The lowest BCUT2D eigenvalue weighted by atomic mass is 10.2. The van der Waals surface area contributed by atoms with Crippen LogP contribution in [0.1, 0.15) is 22.9 Å². The fourth-order valence-corrected chi connectivity index (χ4v) is 4.10. The topological polar surface area (TPSA) is 90.9 Å². The number of aliphatic imine (C=N–C) groups is 1. The fourth-order valence-electron chi connectivity index (χ4n) is 3.24. The fraction of sp³-hybridized carbons (Fsp3) is 0.476. The average Bonchev–Trinajstić information content (AvgIpc) is 3.29. The first-order chi connectivity index (χ1) is 14.7. The molecule has 1 fully saturated rings. The van der Waals surface area contributed by atoms with Crippen LogP contribution in [-0.4, -0.2) is 68.2 Å². The third kappa shape index (κ3) is 6.79. The molecule has 3 N–H and O–H groups in total. The lowest BCUT2D eigenvalue weighted by molar-refractivity contribution is -0.116. The van der Waals surface area contributed by atoms with Crippen molar-refractivity contribution in [2.45, 2.75) is 19.4 Å². The van der Waals surface area contributed by atoms with E-state index < -0.39 is 0 Å².